The number of hydrogen-bond donors (Lipinski definition) is 0. The van der Waals surface area contributed by atoms with Gasteiger partial charge in [-0.2, -0.15) is 0 Å². The molecule has 0 saturated carbocycles. The fourth-order valence-corrected chi connectivity index (χ4v) is 1.99. The van der Waals surface area contributed by atoms with E-state index in [0.717, 1.165) is 12.0 Å². The van der Waals surface area contributed by atoms with Gasteiger partial charge in [0.15, 0.2) is 5.78 Å². The lowest BCUT2D eigenvalue weighted by molar-refractivity contribution is 0.101. The summed E-state index contributed by atoms with van der Waals surface area (Å²) in [5.74, 6) is 0.870. The van der Waals surface area contributed by atoms with Crippen molar-refractivity contribution in [3.8, 4) is 11.6 Å². The number of carbonyl (C=O) groups is 1. The molecule has 0 N–H and O–H groups in total. The van der Waals surface area contributed by atoms with E-state index in [1.807, 2.05) is 13.0 Å². The van der Waals surface area contributed by atoms with Crippen molar-refractivity contribution in [3.05, 3.63) is 52.7 Å². The Hall–Kier alpha value is -1.87. The second-order valence-corrected chi connectivity index (χ2v) is 4.53. The van der Waals surface area contributed by atoms with Crippen LogP contribution >= 0.6 is 11.6 Å². The third-order valence-electron chi connectivity index (χ3n) is 2.76. The van der Waals surface area contributed by atoms with Crippen molar-refractivity contribution >= 4 is 17.4 Å². The Balaban J connectivity index is 2.34. The van der Waals surface area contributed by atoms with Gasteiger partial charge >= 0.3 is 0 Å². The maximum atomic E-state index is 11.5. The van der Waals surface area contributed by atoms with E-state index < -0.39 is 0 Å². The SMILES string of the molecule is CCc1cc(Oc2ncccc2C(C)=O)ccc1Cl. The van der Waals surface area contributed by atoms with E-state index in [1.54, 1.807) is 30.5 Å². The maximum Gasteiger partial charge on any atom is 0.230 e. The molecule has 0 aliphatic rings. The summed E-state index contributed by atoms with van der Waals surface area (Å²) in [6, 6.07) is 8.82. The Bertz CT molecular complexity index is 611. The van der Waals surface area contributed by atoms with Crippen LogP contribution in [0.4, 0.5) is 0 Å². The molecule has 3 nitrogen and oxygen atoms in total. The van der Waals surface area contributed by atoms with Crippen LogP contribution in [0.2, 0.25) is 5.02 Å². The average molecular weight is 276 g/mol. The van der Waals surface area contributed by atoms with Gasteiger partial charge in [0, 0.05) is 11.2 Å². The summed E-state index contributed by atoms with van der Waals surface area (Å²) in [7, 11) is 0. The van der Waals surface area contributed by atoms with Gasteiger partial charge in [-0.25, -0.2) is 4.98 Å². The molecule has 1 aromatic heterocycles. The molecular weight excluding hydrogens is 262 g/mol. The average Bonchev–Trinajstić information content (AvgIpc) is 2.41. The number of benzene rings is 1. The second-order valence-electron chi connectivity index (χ2n) is 4.12. The summed E-state index contributed by atoms with van der Waals surface area (Å²) in [5.41, 5.74) is 1.47. The first-order valence-corrected chi connectivity index (χ1v) is 6.42. The van der Waals surface area contributed by atoms with Gasteiger partial charge in [-0.15, -0.1) is 0 Å². The molecule has 0 fully saturated rings. The van der Waals surface area contributed by atoms with E-state index in [0.29, 0.717) is 22.2 Å². The third kappa shape index (κ3) is 3.12. The lowest BCUT2D eigenvalue weighted by Gasteiger charge is -2.09. The van der Waals surface area contributed by atoms with E-state index in [-0.39, 0.29) is 5.78 Å². The van der Waals surface area contributed by atoms with Gasteiger partial charge < -0.3 is 4.74 Å². The number of halogens is 1. The van der Waals surface area contributed by atoms with Crippen LogP contribution in [0, 0.1) is 0 Å². The predicted octanol–water partition coefficient (Wildman–Crippen LogP) is 4.29. The Labute approximate surface area is 117 Å². The molecule has 0 aliphatic carbocycles. The second kappa shape index (κ2) is 5.85. The van der Waals surface area contributed by atoms with Crippen molar-refractivity contribution in [1.82, 2.24) is 4.98 Å². The molecule has 0 atom stereocenters. The number of aromatic nitrogens is 1. The molecule has 0 unspecified atom stereocenters. The van der Waals surface area contributed by atoms with E-state index >= 15 is 0 Å². The maximum absolute atomic E-state index is 11.5. The minimum Gasteiger partial charge on any atom is -0.438 e. The van der Waals surface area contributed by atoms with Crippen molar-refractivity contribution < 1.29 is 9.53 Å². The third-order valence-corrected chi connectivity index (χ3v) is 3.13. The molecule has 0 saturated heterocycles. The minimum absolute atomic E-state index is 0.0761. The normalized spacial score (nSPS) is 10.3. The molecule has 1 heterocycles. The standard InChI is InChI=1S/C15H14ClNO2/c1-3-11-9-12(6-7-14(11)16)19-15-13(10(2)18)5-4-8-17-15/h4-9H,3H2,1-2H3. The number of hydrogen-bond acceptors (Lipinski definition) is 3. The highest BCUT2D eigenvalue weighted by atomic mass is 35.5. The molecule has 0 radical (unpaired) electrons. The topological polar surface area (TPSA) is 39.2 Å². The van der Waals surface area contributed by atoms with Crippen LogP contribution in [0.15, 0.2) is 36.5 Å². The van der Waals surface area contributed by atoms with Gasteiger partial charge in [0.2, 0.25) is 5.88 Å². The smallest absolute Gasteiger partial charge is 0.230 e. The molecular formula is C15H14ClNO2. The van der Waals surface area contributed by atoms with Crippen molar-refractivity contribution in [1.29, 1.82) is 0 Å². The van der Waals surface area contributed by atoms with Crippen LogP contribution in [0.25, 0.3) is 0 Å². The van der Waals surface area contributed by atoms with Crippen LogP contribution in [0.3, 0.4) is 0 Å². The number of ketones is 1. The quantitative estimate of drug-likeness (QED) is 0.781. The van der Waals surface area contributed by atoms with Crippen molar-refractivity contribution in [3.63, 3.8) is 0 Å². The number of Topliss-reactive ketones (excluding diaryl/α,β-unsaturated/α-hetero) is 1. The number of aryl methyl sites for hydroxylation is 1. The Morgan fingerprint density at radius 2 is 2.16 bits per heavy atom. The van der Waals surface area contributed by atoms with Gasteiger partial charge in [0.05, 0.1) is 5.56 Å². The first-order chi connectivity index (χ1) is 9.11. The fourth-order valence-electron chi connectivity index (χ4n) is 1.74. The minimum atomic E-state index is -0.0761. The summed E-state index contributed by atoms with van der Waals surface area (Å²) in [6.07, 6.45) is 2.41. The summed E-state index contributed by atoms with van der Waals surface area (Å²) >= 11 is 6.06. The van der Waals surface area contributed by atoms with E-state index in [2.05, 4.69) is 4.98 Å². The zero-order valence-corrected chi connectivity index (χ0v) is 11.6. The molecule has 0 aliphatic heterocycles. The largest absolute Gasteiger partial charge is 0.438 e. The van der Waals surface area contributed by atoms with Crippen LogP contribution in [0.5, 0.6) is 11.6 Å². The van der Waals surface area contributed by atoms with Crippen molar-refractivity contribution in [2.24, 2.45) is 0 Å². The van der Waals surface area contributed by atoms with Gasteiger partial charge in [-0.1, -0.05) is 18.5 Å². The molecule has 0 amide bonds. The number of carbonyl (C=O) groups excluding carboxylic acids is 1. The number of pyridine rings is 1. The van der Waals surface area contributed by atoms with Crippen LogP contribution in [-0.2, 0) is 6.42 Å². The fraction of sp³-hybridized carbons (Fsp3) is 0.200. The number of rotatable bonds is 4. The highest BCUT2D eigenvalue weighted by molar-refractivity contribution is 6.31. The number of ether oxygens (including phenoxy) is 1. The first-order valence-electron chi connectivity index (χ1n) is 6.04. The van der Waals surface area contributed by atoms with Gasteiger partial charge in [0.25, 0.3) is 0 Å². The summed E-state index contributed by atoms with van der Waals surface area (Å²) in [5, 5.41) is 0.711. The molecule has 1 aromatic carbocycles. The van der Waals surface area contributed by atoms with E-state index in [4.69, 9.17) is 16.3 Å². The summed E-state index contributed by atoms with van der Waals surface area (Å²) < 4.78 is 5.68. The summed E-state index contributed by atoms with van der Waals surface area (Å²) in [6.45, 7) is 3.51. The molecule has 19 heavy (non-hydrogen) atoms. The van der Waals surface area contributed by atoms with Crippen LogP contribution in [0.1, 0.15) is 29.8 Å². The molecule has 2 aromatic rings. The van der Waals surface area contributed by atoms with Gasteiger partial charge in [0.1, 0.15) is 5.75 Å². The molecule has 0 spiro atoms. The first kappa shape index (κ1) is 13.6. The zero-order valence-electron chi connectivity index (χ0n) is 10.8. The zero-order chi connectivity index (χ0) is 13.8. The van der Waals surface area contributed by atoms with E-state index in [9.17, 15) is 4.79 Å². The van der Waals surface area contributed by atoms with Gasteiger partial charge in [-0.05, 0) is 49.2 Å². The van der Waals surface area contributed by atoms with Crippen LogP contribution < -0.4 is 4.74 Å². The molecule has 4 heteroatoms. The monoisotopic (exact) mass is 275 g/mol. The van der Waals surface area contributed by atoms with Gasteiger partial charge in [-0.3, -0.25) is 4.79 Å². The lowest BCUT2D eigenvalue weighted by atomic mass is 10.1. The van der Waals surface area contributed by atoms with Crippen LogP contribution in [-0.4, -0.2) is 10.8 Å². The number of nitrogens with zero attached hydrogens (tertiary/aromatic N) is 1. The van der Waals surface area contributed by atoms with E-state index in [1.165, 1.54) is 6.92 Å². The highest BCUT2D eigenvalue weighted by Gasteiger charge is 2.10. The Morgan fingerprint density at radius 3 is 2.84 bits per heavy atom. The van der Waals surface area contributed by atoms with Crippen molar-refractivity contribution in [2.45, 2.75) is 20.3 Å². The molecule has 2 rings (SSSR count). The lowest BCUT2D eigenvalue weighted by Crippen LogP contribution is -1.99. The molecule has 98 valence electrons. The predicted molar refractivity (Wildman–Crippen MR) is 75.1 cm³/mol. The highest BCUT2D eigenvalue weighted by Crippen LogP contribution is 2.27. The molecule has 0 bridgehead atoms. The Morgan fingerprint density at radius 1 is 1.37 bits per heavy atom. The van der Waals surface area contributed by atoms with Crippen molar-refractivity contribution in [2.75, 3.05) is 0 Å². The Kier molecular flexibility index (Phi) is 4.17. The summed E-state index contributed by atoms with van der Waals surface area (Å²) in [4.78, 5) is 15.6.